The highest BCUT2D eigenvalue weighted by Crippen LogP contribution is 2.14. The summed E-state index contributed by atoms with van der Waals surface area (Å²) in [4.78, 5) is 9.96. The molecule has 0 aliphatic rings. The first kappa shape index (κ1) is 12.4. The molecule has 0 aromatic heterocycles. The van der Waals surface area contributed by atoms with Crippen molar-refractivity contribution in [1.82, 2.24) is 0 Å². The minimum Gasteiger partial charge on any atom is -0.393 e. The number of carbonyl (C=O) groups excluding carboxylic acids is 1. The average molecular weight is 184 g/mol. The highest BCUT2D eigenvalue weighted by atomic mass is 16.3. The van der Waals surface area contributed by atoms with Crippen molar-refractivity contribution in [1.29, 1.82) is 0 Å². The predicted octanol–water partition coefficient (Wildman–Crippen LogP) is 2.32. The van der Waals surface area contributed by atoms with Crippen molar-refractivity contribution in [3.05, 3.63) is 12.2 Å². The number of carbonyl (C=O) groups is 1. The maximum Gasteiger partial charge on any atom is 0.142 e. The molecular weight excluding hydrogens is 164 g/mol. The van der Waals surface area contributed by atoms with Gasteiger partial charge in [-0.1, -0.05) is 32.8 Å². The molecule has 2 atom stereocenters. The number of aliphatic hydroxyl groups excluding tert-OH is 1. The number of rotatable bonds is 7. The van der Waals surface area contributed by atoms with Crippen molar-refractivity contribution >= 4 is 6.29 Å². The van der Waals surface area contributed by atoms with Gasteiger partial charge < -0.3 is 5.11 Å². The van der Waals surface area contributed by atoms with Crippen LogP contribution in [0.1, 0.15) is 39.5 Å². The smallest absolute Gasteiger partial charge is 0.142 e. The number of aldehydes is 1. The van der Waals surface area contributed by atoms with Crippen LogP contribution >= 0.6 is 0 Å². The zero-order chi connectivity index (χ0) is 10.1. The van der Waals surface area contributed by atoms with Gasteiger partial charge in [0.25, 0.3) is 0 Å². The molecule has 76 valence electrons. The van der Waals surface area contributed by atoms with Gasteiger partial charge in [-0.15, -0.1) is 0 Å². The molecule has 0 amide bonds. The van der Waals surface area contributed by atoms with Gasteiger partial charge >= 0.3 is 0 Å². The van der Waals surface area contributed by atoms with Crippen molar-refractivity contribution in [2.45, 2.75) is 45.6 Å². The van der Waals surface area contributed by atoms with Gasteiger partial charge in [-0.3, -0.25) is 4.79 Å². The third-order valence-corrected chi connectivity index (χ3v) is 2.26. The number of hydrogen-bond donors (Lipinski definition) is 1. The van der Waals surface area contributed by atoms with Crippen LogP contribution in [0.25, 0.3) is 0 Å². The van der Waals surface area contributed by atoms with Gasteiger partial charge in [0.2, 0.25) is 0 Å². The van der Waals surface area contributed by atoms with E-state index in [0.29, 0.717) is 12.3 Å². The summed E-state index contributed by atoms with van der Waals surface area (Å²) in [5.41, 5.74) is 0. The van der Waals surface area contributed by atoms with Crippen LogP contribution in [0.4, 0.5) is 0 Å². The van der Waals surface area contributed by atoms with Crippen molar-refractivity contribution in [3.63, 3.8) is 0 Å². The normalized spacial score (nSPS) is 15.9. The lowest BCUT2D eigenvalue weighted by Gasteiger charge is -2.16. The van der Waals surface area contributed by atoms with E-state index in [1.165, 1.54) is 12.5 Å². The summed E-state index contributed by atoms with van der Waals surface area (Å²) in [6, 6.07) is 0. The zero-order valence-electron chi connectivity index (χ0n) is 8.57. The Bertz CT molecular complexity index is 152. The fourth-order valence-electron chi connectivity index (χ4n) is 1.22. The van der Waals surface area contributed by atoms with E-state index in [1.807, 2.05) is 0 Å². The van der Waals surface area contributed by atoms with Crippen molar-refractivity contribution in [3.8, 4) is 0 Å². The Morgan fingerprint density at radius 1 is 1.46 bits per heavy atom. The first-order valence-corrected chi connectivity index (χ1v) is 5.00. The summed E-state index contributed by atoms with van der Waals surface area (Å²) in [5, 5.41) is 9.60. The highest BCUT2D eigenvalue weighted by molar-refractivity contribution is 5.64. The molecule has 0 saturated heterocycles. The van der Waals surface area contributed by atoms with Crippen LogP contribution in [0.15, 0.2) is 12.2 Å². The van der Waals surface area contributed by atoms with Gasteiger partial charge in [0, 0.05) is 0 Å². The SMILES string of the molecule is CCCCC(C)C(O)CC=CC=O. The summed E-state index contributed by atoms with van der Waals surface area (Å²) in [6.07, 6.45) is 7.58. The second kappa shape index (κ2) is 7.99. The van der Waals surface area contributed by atoms with Gasteiger partial charge in [0.1, 0.15) is 6.29 Å². The van der Waals surface area contributed by atoms with E-state index in [2.05, 4.69) is 13.8 Å². The fraction of sp³-hybridized carbons (Fsp3) is 0.727. The molecule has 0 heterocycles. The minimum atomic E-state index is -0.303. The maximum atomic E-state index is 9.96. The van der Waals surface area contributed by atoms with E-state index in [9.17, 15) is 9.90 Å². The number of hydrogen-bond acceptors (Lipinski definition) is 2. The molecule has 2 heteroatoms. The molecule has 0 saturated carbocycles. The van der Waals surface area contributed by atoms with Gasteiger partial charge in [0.05, 0.1) is 6.10 Å². The maximum absolute atomic E-state index is 9.96. The van der Waals surface area contributed by atoms with E-state index in [4.69, 9.17) is 0 Å². The zero-order valence-corrected chi connectivity index (χ0v) is 8.57. The average Bonchev–Trinajstić information content (AvgIpc) is 2.14. The predicted molar refractivity (Wildman–Crippen MR) is 54.5 cm³/mol. The summed E-state index contributed by atoms with van der Waals surface area (Å²) in [6.45, 7) is 4.19. The topological polar surface area (TPSA) is 37.3 Å². The summed E-state index contributed by atoms with van der Waals surface area (Å²) < 4.78 is 0. The standard InChI is InChI=1S/C11H20O2/c1-3-4-7-10(2)11(13)8-5-6-9-12/h5-6,9-11,13H,3-4,7-8H2,1-2H3. The van der Waals surface area contributed by atoms with Crippen LogP contribution in [-0.4, -0.2) is 17.5 Å². The molecule has 0 aromatic carbocycles. The van der Waals surface area contributed by atoms with E-state index < -0.39 is 0 Å². The third-order valence-electron chi connectivity index (χ3n) is 2.26. The molecule has 2 unspecified atom stereocenters. The molecule has 0 radical (unpaired) electrons. The summed E-state index contributed by atoms with van der Waals surface area (Å²) in [5.74, 6) is 0.330. The van der Waals surface area contributed by atoms with Gasteiger partial charge in [0.15, 0.2) is 0 Å². The van der Waals surface area contributed by atoms with Crippen LogP contribution < -0.4 is 0 Å². The Kier molecular flexibility index (Phi) is 7.60. The van der Waals surface area contributed by atoms with Crippen molar-refractivity contribution in [2.75, 3.05) is 0 Å². The van der Waals surface area contributed by atoms with E-state index in [-0.39, 0.29) is 6.10 Å². The van der Waals surface area contributed by atoms with Gasteiger partial charge in [-0.05, 0) is 24.8 Å². The van der Waals surface area contributed by atoms with E-state index >= 15 is 0 Å². The molecule has 0 aliphatic carbocycles. The van der Waals surface area contributed by atoms with E-state index in [1.54, 1.807) is 6.08 Å². The first-order valence-electron chi connectivity index (χ1n) is 5.00. The summed E-state index contributed by atoms with van der Waals surface area (Å²) >= 11 is 0. The molecule has 0 rings (SSSR count). The lowest BCUT2D eigenvalue weighted by Crippen LogP contribution is -2.16. The summed E-state index contributed by atoms with van der Waals surface area (Å²) in [7, 11) is 0. The van der Waals surface area contributed by atoms with Crippen LogP contribution in [-0.2, 0) is 4.79 Å². The lowest BCUT2D eigenvalue weighted by molar-refractivity contribution is -0.104. The van der Waals surface area contributed by atoms with E-state index in [0.717, 1.165) is 19.1 Å². The second-order valence-corrected chi connectivity index (χ2v) is 3.49. The van der Waals surface area contributed by atoms with Crippen LogP contribution in [0.2, 0.25) is 0 Å². The third kappa shape index (κ3) is 6.52. The Labute approximate surface area is 80.7 Å². The molecule has 1 N–H and O–H groups in total. The number of unbranched alkanes of at least 4 members (excludes halogenated alkanes) is 1. The van der Waals surface area contributed by atoms with Gasteiger partial charge in [-0.2, -0.15) is 0 Å². The Morgan fingerprint density at radius 2 is 2.15 bits per heavy atom. The molecule has 0 aromatic rings. The Hall–Kier alpha value is -0.630. The first-order chi connectivity index (χ1) is 6.22. The molecule has 0 bridgehead atoms. The molecule has 0 spiro atoms. The molecular formula is C11H20O2. The lowest BCUT2D eigenvalue weighted by atomic mass is 9.96. The number of allylic oxidation sites excluding steroid dienone is 1. The molecule has 2 nitrogen and oxygen atoms in total. The second-order valence-electron chi connectivity index (χ2n) is 3.49. The monoisotopic (exact) mass is 184 g/mol. The largest absolute Gasteiger partial charge is 0.393 e. The van der Waals surface area contributed by atoms with Crippen LogP contribution in [0.3, 0.4) is 0 Å². The Morgan fingerprint density at radius 3 is 2.69 bits per heavy atom. The highest BCUT2D eigenvalue weighted by Gasteiger charge is 2.11. The molecule has 13 heavy (non-hydrogen) atoms. The van der Waals surface area contributed by atoms with Gasteiger partial charge in [-0.25, -0.2) is 0 Å². The number of aliphatic hydroxyl groups is 1. The minimum absolute atomic E-state index is 0.303. The molecule has 0 aliphatic heterocycles. The quantitative estimate of drug-likeness (QED) is 0.487. The fourth-order valence-corrected chi connectivity index (χ4v) is 1.22. The molecule has 0 fully saturated rings. The van der Waals surface area contributed by atoms with Crippen molar-refractivity contribution < 1.29 is 9.90 Å². The van der Waals surface area contributed by atoms with Crippen LogP contribution in [0, 0.1) is 5.92 Å². The Balaban J connectivity index is 3.61. The van der Waals surface area contributed by atoms with Crippen molar-refractivity contribution in [2.24, 2.45) is 5.92 Å². The van der Waals surface area contributed by atoms with Crippen LogP contribution in [0.5, 0.6) is 0 Å².